The fourth-order valence-electron chi connectivity index (χ4n) is 3.93. The number of fused-ring (bicyclic) bond motifs is 1. The van der Waals surface area contributed by atoms with Gasteiger partial charge in [-0.25, -0.2) is 4.98 Å². The van der Waals surface area contributed by atoms with Gasteiger partial charge in [-0.05, 0) is 13.0 Å². The van der Waals surface area contributed by atoms with E-state index < -0.39 is 5.54 Å². The molecule has 10 heteroatoms. The highest BCUT2D eigenvalue weighted by Gasteiger charge is 2.55. The molecule has 0 radical (unpaired) electrons. The predicted octanol–water partition coefficient (Wildman–Crippen LogP) is 2.70. The molecule has 0 bridgehead atoms. The summed E-state index contributed by atoms with van der Waals surface area (Å²) in [6, 6.07) is 4.08. The molecular weight excluding hydrogens is 410 g/mol. The van der Waals surface area contributed by atoms with Crippen molar-refractivity contribution < 1.29 is 4.74 Å². The monoisotopic (exact) mass is 429 g/mol. The number of anilines is 1. The van der Waals surface area contributed by atoms with Gasteiger partial charge in [0.1, 0.15) is 16.6 Å². The first kappa shape index (κ1) is 19.5. The van der Waals surface area contributed by atoms with E-state index in [0.717, 1.165) is 10.6 Å². The Bertz CT molecular complexity index is 1060. The molecule has 0 aliphatic carbocycles. The summed E-state index contributed by atoms with van der Waals surface area (Å²) in [6.45, 7) is 7.19. The Morgan fingerprint density at radius 3 is 2.93 bits per heavy atom. The Morgan fingerprint density at radius 1 is 1.52 bits per heavy atom. The van der Waals surface area contributed by atoms with Crippen LogP contribution in [0.1, 0.15) is 16.1 Å². The zero-order valence-corrected chi connectivity index (χ0v) is 17.9. The lowest BCUT2D eigenvalue weighted by Crippen LogP contribution is -2.60. The van der Waals surface area contributed by atoms with Crippen molar-refractivity contribution in [2.45, 2.75) is 12.5 Å². The first-order chi connectivity index (χ1) is 13.8. The van der Waals surface area contributed by atoms with Gasteiger partial charge in [0.15, 0.2) is 5.96 Å². The van der Waals surface area contributed by atoms with Crippen LogP contribution in [0.25, 0.3) is 0 Å². The molecule has 0 aromatic carbocycles. The first-order valence-electron chi connectivity index (χ1n) is 8.92. The van der Waals surface area contributed by atoms with E-state index in [9.17, 15) is 5.26 Å². The van der Waals surface area contributed by atoms with E-state index in [1.54, 1.807) is 4.90 Å². The number of ether oxygens (including phenoxy) is 1. The summed E-state index contributed by atoms with van der Waals surface area (Å²) in [4.78, 5) is 13.8. The predicted molar refractivity (Wildman–Crippen MR) is 113 cm³/mol. The number of aryl methyl sites for hydroxylation is 1. The van der Waals surface area contributed by atoms with Gasteiger partial charge in [-0.2, -0.15) is 10.2 Å². The number of hydrogen-bond acceptors (Lipinski definition) is 7. The van der Waals surface area contributed by atoms with Gasteiger partial charge in [0.05, 0.1) is 18.4 Å². The number of hydrogen-bond donors (Lipinski definition) is 2. The molecule has 4 rings (SSSR count). The Labute approximate surface area is 177 Å². The zero-order chi connectivity index (χ0) is 20.9. The molecule has 4 heterocycles. The van der Waals surface area contributed by atoms with E-state index >= 15 is 0 Å². The molecular formula is C19H20ClN7OS. The van der Waals surface area contributed by atoms with Gasteiger partial charge in [-0.1, -0.05) is 18.2 Å². The molecule has 0 spiro atoms. The maximum atomic E-state index is 9.29. The molecule has 2 aromatic heterocycles. The third-order valence-corrected chi connectivity index (χ3v) is 7.11. The summed E-state index contributed by atoms with van der Waals surface area (Å²) in [5.74, 6) is 1.08. The Morgan fingerprint density at radius 2 is 2.28 bits per heavy atom. The van der Waals surface area contributed by atoms with Gasteiger partial charge in [0.25, 0.3) is 0 Å². The minimum absolute atomic E-state index is 0.0302. The smallest absolute Gasteiger partial charge is 0.237 e. The third kappa shape index (κ3) is 2.91. The van der Waals surface area contributed by atoms with E-state index in [0.29, 0.717) is 41.2 Å². The van der Waals surface area contributed by atoms with Gasteiger partial charge in [-0.15, -0.1) is 11.3 Å². The van der Waals surface area contributed by atoms with Crippen molar-refractivity contribution in [3.8, 4) is 11.9 Å². The van der Waals surface area contributed by atoms with Gasteiger partial charge in [0.2, 0.25) is 11.8 Å². The van der Waals surface area contributed by atoms with Crippen LogP contribution in [0.2, 0.25) is 5.02 Å². The maximum Gasteiger partial charge on any atom is 0.237 e. The van der Waals surface area contributed by atoms with Crippen LogP contribution in [-0.2, 0) is 5.54 Å². The number of guanidine groups is 1. The van der Waals surface area contributed by atoms with Crippen molar-refractivity contribution in [1.82, 2.24) is 20.2 Å². The van der Waals surface area contributed by atoms with Crippen molar-refractivity contribution in [3.05, 3.63) is 44.9 Å². The number of nitriles is 1. The molecule has 0 unspecified atom stereocenters. The van der Waals surface area contributed by atoms with Crippen LogP contribution in [-0.4, -0.2) is 48.1 Å². The topological polar surface area (TPSA) is 101 Å². The summed E-state index contributed by atoms with van der Waals surface area (Å²) in [7, 11) is 3.35. The molecule has 0 amide bonds. The van der Waals surface area contributed by atoms with Crippen LogP contribution < -0.4 is 15.0 Å². The third-order valence-electron chi connectivity index (χ3n) is 5.57. The second-order valence-electron chi connectivity index (χ2n) is 7.17. The fraction of sp³-hybridized carbons (Fsp3) is 0.368. The minimum Gasteiger partial charge on any atom is -0.480 e. The first-order valence-corrected chi connectivity index (χ1v) is 10.2. The SMILES string of the molecule is C=C1[C@@H]2CN(c3nc(C)c(Cl)c(OC)n3)C[C@]2(c2cc(C#N)cs2)NC(=N)N1C. The lowest BCUT2D eigenvalue weighted by molar-refractivity contribution is 0.274. The summed E-state index contributed by atoms with van der Waals surface area (Å²) in [6.07, 6.45) is 0. The fourth-order valence-corrected chi connectivity index (χ4v) is 5.13. The number of nitrogens with one attached hydrogen (secondary N) is 2. The highest BCUT2D eigenvalue weighted by molar-refractivity contribution is 7.10. The van der Waals surface area contributed by atoms with Crippen LogP contribution in [0, 0.1) is 29.6 Å². The summed E-state index contributed by atoms with van der Waals surface area (Å²) in [5.41, 5.74) is 1.48. The van der Waals surface area contributed by atoms with E-state index in [4.69, 9.17) is 21.7 Å². The van der Waals surface area contributed by atoms with Crippen molar-refractivity contribution in [2.75, 3.05) is 32.1 Å². The van der Waals surface area contributed by atoms with Crippen LogP contribution in [0.3, 0.4) is 0 Å². The molecule has 2 aliphatic heterocycles. The molecule has 2 N–H and O–H groups in total. The van der Waals surface area contributed by atoms with Crippen LogP contribution >= 0.6 is 22.9 Å². The van der Waals surface area contributed by atoms with Crippen LogP contribution in [0.4, 0.5) is 5.95 Å². The second kappa shape index (κ2) is 6.90. The summed E-state index contributed by atoms with van der Waals surface area (Å²) in [5, 5.41) is 23.3. The molecule has 2 aromatic rings. The molecule has 2 atom stereocenters. The lowest BCUT2D eigenvalue weighted by Gasteiger charge is -2.45. The average molecular weight is 430 g/mol. The number of nitrogens with zero attached hydrogens (tertiary/aromatic N) is 5. The van der Waals surface area contributed by atoms with Gasteiger partial charge in [-0.3, -0.25) is 5.41 Å². The molecule has 8 nitrogen and oxygen atoms in total. The Kier molecular flexibility index (Phi) is 4.63. The molecule has 2 fully saturated rings. The van der Waals surface area contributed by atoms with E-state index in [1.807, 2.05) is 30.3 Å². The minimum atomic E-state index is -0.593. The molecule has 150 valence electrons. The van der Waals surface area contributed by atoms with E-state index in [1.165, 1.54) is 18.4 Å². The summed E-state index contributed by atoms with van der Waals surface area (Å²) >= 11 is 7.75. The van der Waals surface area contributed by atoms with Crippen molar-refractivity contribution in [1.29, 1.82) is 10.7 Å². The lowest BCUT2D eigenvalue weighted by atomic mass is 9.81. The Hall–Kier alpha value is -2.83. The normalized spacial score (nSPS) is 23.6. The number of aromatic nitrogens is 2. The average Bonchev–Trinajstić information content (AvgIpc) is 3.34. The van der Waals surface area contributed by atoms with E-state index in [2.05, 4.69) is 27.9 Å². The van der Waals surface area contributed by atoms with Gasteiger partial charge in [0, 0.05) is 42.0 Å². The molecule has 2 aliphatic rings. The standard InChI is InChI=1S/C19H20ClN7OS/c1-10-15(20)16(28-4)24-18(23-10)27-7-13-11(2)26(3)17(22)25-19(13,9-27)14-5-12(6-21)8-29-14/h5,8,13H,2,7,9H2,1,3-4H3,(H2,22,25)/t13-,19-/m0/s1. The number of methoxy groups -OCH3 is 1. The second-order valence-corrected chi connectivity index (χ2v) is 8.46. The Balaban J connectivity index is 1.81. The van der Waals surface area contributed by atoms with Gasteiger partial charge < -0.3 is 19.9 Å². The van der Waals surface area contributed by atoms with Crippen molar-refractivity contribution >= 4 is 34.8 Å². The quantitative estimate of drug-likeness (QED) is 0.773. The highest BCUT2D eigenvalue weighted by atomic mass is 35.5. The van der Waals surface area contributed by atoms with E-state index in [-0.39, 0.29) is 11.9 Å². The maximum absolute atomic E-state index is 9.29. The molecule has 2 saturated heterocycles. The molecule has 0 saturated carbocycles. The van der Waals surface area contributed by atoms with Crippen LogP contribution in [0.15, 0.2) is 23.7 Å². The van der Waals surface area contributed by atoms with Crippen molar-refractivity contribution in [2.24, 2.45) is 5.92 Å². The number of thiophene rings is 1. The van der Waals surface area contributed by atoms with Gasteiger partial charge >= 0.3 is 0 Å². The summed E-state index contributed by atoms with van der Waals surface area (Å²) < 4.78 is 5.31. The largest absolute Gasteiger partial charge is 0.480 e. The van der Waals surface area contributed by atoms with Crippen LogP contribution in [0.5, 0.6) is 5.88 Å². The highest BCUT2D eigenvalue weighted by Crippen LogP contribution is 2.47. The number of rotatable bonds is 3. The molecule has 29 heavy (non-hydrogen) atoms. The zero-order valence-electron chi connectivity index (χ0n) is 16.3. The number of halogens is 1. The van der Waals surface area contributed by atoms with Crippen molar-refractivity contribution in [3.63, 3.8) is 0 Å².